The van der Waals surface area contributed by atoms with Gasteiger partial charge >= 0.3 is 0 Å². The minimum atomic E-state index is -0.165. The van der Waals surface area contributed by atoms with Crippen LogP contribution in [0, 0.1) is 18.7 Å². The van der Waals surface area contributed by atoms with Crippen LogP contribution in [-0.2, 0) is 6.54 Å². The van der Waals surface area contributed by atoms with Crippen molar-refractivity contribution in [2.45, 2.75) is 32.4 Å². The highest BCUT2D eigenvalue weighted by atomic mass is 32.1. The van der Waals surface area contributed by atoms with Crippen molar-refractivity contribution < 1.29 is 4.39 Å². The SMILES string of the molecule is CN=C(NCc1ccc(C)c(F)c1)NCC1CCCN(C)C1c1cccs1. The van der Waals surface area contributed by atoms with Gasteiger partial charge in [0.1, 0.15) is 5.82 Å². The van der Waals surface area contributed by atoms with Gasteiger partial charge in [0, 0.05) is 31.1 Å². The van der Waals surface area contributed by atoms with Crippen molar-refractivity contribution in [1.29, 1.82) is 0 Å². The summed E-state index contributed by atoms with van der Waals surface area (Å²) < 4.78 is 13.7. The van der Waals surface area contributed by atoms with E-state index in [1.165, 1.54) is 17.7 Å². The molecule has 2 N–H and O–H groups in total. The first-order valence-electron chi connectivity index (χ1n) is 9.51. The van der Waals surface area contributed by atoms with Crippen molar-refractivity contribution >= 4 is 17.3 Å². The normalized spacial score (nSPS) is 21.3. The number of nitrogens with one attached hydrogen (secondary N) is 2. The van der Waals surface area contributed by atoms with Crippen molar-refractivity contribution in [2.75, 3.05) is 27.2 Å². The van der Waals surface area contributed by atoms with Gasteiger partial charge in [-0.15, -0.1) is 11.3 Å². The van der Waals surface area contributed by atoms with Gasteiger partial charge in [0.2, 0.25) is 0 Å². The molecule has 146 valence electrons. The van der Waals surface area contributed by atoms with Gasteiger partial charge in [0.05, 0.1) is 0 Å². The molecule has 1 saturated heterocycles. The van der Waals surface area contributed by atoms with Gasteiger partial charge in [0.25, 0.3) is 0 Å². The van der Waals surface area contributed by atoms with Gasteiger partial charge in [-0.1, -0.05) is 18.2 Å². The molecular weight excluding hydrogens is 359 g/mol. The zero-order chi connectivity index (χ0) is 19.2. The molecule has 3 rings (SSSR count). The van der Waals surface area contributed by atoms with Gasteiger partial charge in [-0.3, -0.25) is 9.89 Å². The molecule has 0 aliphatic carbocycles. The van der Waals surface area contributed by atoms with E-state index in [0.717, 1.165) is 24.6 Å². The number of aliphatic imine (C=N–C) groups is 1. The molecule has 2 aromatic rings. The Morgan fingerprint density at radius 3 is 2.89 bits per heavy atom. The summed E-state index contributed by atoms with van der Waals surface area (Å²) in [6, 6.07) is 10.2. The number of aryl methyl sites for hydroxylation is 1. The smallest absolute Gasteiger partial charge is 0.191 e. The van der Waals surface area contributed by atoms with Crippen LogP contribution < -0.4 is 10.6 Å². The first kappa shape index (κ1) is 19.8. The van der Waals surface area contributed by atoms with E-state index in [9.17, 15) is 4.39 Å². The fourth-order valence-corrected chi connectivity index (χ4v) is 4.75. The summed E-state index contributed by atoms with van der Waals surface area (Å²) in [5.41, 5.74) is 1.58. The van der Waals surface area contributed by atoms with Crippen LogP contribution in [0.15, 0.2) is 40.7 Å². The number of hydrogen-bond acceptors (Lipinski definition) is 3. The van der Waals surface area contributed by atoms with E-state index in [4.69, 9.17) is 0 Å². The molecule has 2 unspecified atom stereocenters. The fourth-order valence-electron chi connectivity index (χ4n) is 3.76. The van der Waals surface area contributed by atoms with E-state index in [2.05, 4.69) is 45.1 Å². The standard InChI is InChI=1S/C21H29FN4S/c1-15-8-9-16(12-18(15)22)13-24-21(23-2)25-14-17-6-4-10-26(3)20(17)19-7-5-11-27-19/h5,7-9,11-12,17,20H,4,6,10,13-14H2,1-3H3,(H2,23,24,25). The summed E-state index contributed by atoms with van der Waals surface area (Å²) in [6.07, 6.45) is 2.43. The molecule has 0 spiro atoms. The van der Waals surface area contributed by atoms with Gasteiger partial charge < -0.3 is 10.6 Å². The Morgan fingerprint density at radius 2 is 2.19 bits per heavy atom. The van der Waals surface area contributed by atoms with E-state index in [0.29, 0.717) is 24.1 Å². The molecule has 1 aromatic carbocycles. The van der Waals surface area contributed by atoms with Gasteiger partial charge in [0.15, 0.2) is 5.96 Å². The van der Waals surface area contributed by atoms with Gasteiger partial charge in [-0.2, -0.15) is 0 Å². The minimum absolute atomic E-state index is 0.165. The molecule has 27 heavy (non-hydrogen) atoms. The van der Waals surface area contributed by atoms with E-state index in [1.54, 1.807) is 20.0 Å². The monoisotopic (exact) mass is 388 g/mol. The molecule has 2 atom stereocenters. The highest BCUT2D eigenvalue weighted by Gasteiger charge is 2.31. The fraction of sp³-hybridized carbons (Fsp3) is 0.476. The number of nitrogens with zero attached hydrogens (tertiary/aromatic N) is 2. The first-order valence-corrected chi connectivity index (χ1v) is 10.4. The Balaban J connectivity index is 1.57. The molecule has 4 nitrogen and oxygen atoms in total. The number of piperidine rings is 1. The van der Waals surface area contributed by atoms with Crippen LogP contribution in [0.4, 0.5) is 4.39 Å². The third-order valence-corrected chi connectivity index (χ3v) is 6.24. The number of hydrogen-bond donors (Lipinski definition) is 2. The average Bonchev–Trinajstić information content (AvgIpc) is 3.19. The number of guanidine groups is 1. The van der Waals surface area contributed by atoms with E-state index >= 15 is 0 Å². The number of rotatable bonds is 5. The number of benzene rings is 1. The van der Waals surface area contributed by atoms with Crippen molar-refractivity contribution in [2.24, 2.45) is 10.9 Å². The molecule has 6 heteroatoms. The summed E-state index contributed by atoms with van der Waals surface area (Å²) in [5, 5.41) is 8.92. The maximum atomic E-state index is 13.7. The second kappa shape index (κ2) is 9.33. The van der Waals surface area contributed by atoms with Crippen LogP contribution >= 0.6 is 11.3 Å². The molecule has 0 bridgehead atoms. The Hall–Kier alpha value is -1.92. The lowest BCUT2D eigenvalue weighted by atomic mass is 9.88. The third kappa shape index (κ3) is 5.08. The summed E-state index contributed by atoms with van der Waals surface area (Å²) in [6.45, 7) is 4.34. The molecule has 0 saturated carbocycles. The largest absolute Gasteiger partial charge is 0.356 e. The molecule has 0 radical (unpaired) electrons. The number of likely N-dealkylation sites (tertiary alicyclic amines) is 1. The highest BCUT2D eigenvalue weighted by Crippen LogP contribution is 2.36. The van der Waals surface area contributed by atoms with Crippen LogP contribution in [0.25, 0.3) is 0 Å². The van der Waals surface area contributed by atoms with Crippen LogP contribution in [0.2, 0.25) is 0 Å². The molecule has 1 fully saturated rings. The Kier molecular flexibility index (Phi) is 6.85. The van der Waals surface area contributed by atoms with Gasteiger partial charge in [-0.25, -0.2) is 4.39 Å². The van der Waals surface area contributed by atoms with Crippen molar-refractivity contribution in [3.8, 4) is 0 Å². The minimum Gasteiger partial charge on any atom is -0.356 e. The van der Waals surface area contributed by atoms with E-state index < -0.39 is 0 Å². The lowest BCUT2D eigenvalue weighted by molar-refractivity contribution is 0.125. The van der Waals surface area contributed by atoms with Crippen molar-refractivity contribution in [1.82, 2.24) is 15.5 Å². The Labute approximate surface area is 165 Å². The molecule has 2 heterocycles. The number of thiophene rings is 1. The lowest BCUT2D eigenvalue weighted by Gasteiger charge is -2.39. The van der Waals surface area contributed by atoms with E-state index in [-0.39, 0.29) is 5.82 Å². The van der Waals surface area contributed by atoms with E-state index in [1.807, 2.05) is 23.5 Å². The second-order valence-corrected chi connectivity index (χ2v) is 8.21. The quantitative estimate of drug-likeness (QED) is 0.602. The summed E-state index contributed by atoms with van der Waals surface area (Å²) in [7, 11) is 3.99. The third-order valence-electron chi connectivity index (χ3n) is 5.29. The zero-order valence-corrected chi connectivity index (χ0v) is 17.2. The van der Waals surface area contributed by atoms with Crippen LogP contribution in [0.1, 0.15) is 34.9 Å². The number of halogens is 1. The molecular formula is C21H29FN4S. The predicted octanol–water partition coefficient (Wildman–Crippen LogP) is 3.94. The predicted molar refractivity (Wildman–Crippen MR) is 112 cm³/mol. The Morgan fingerprint density at radius 1 is 1.33 bits per heavy atom. The van der Waals surface area contributed by atoms with Gasteiger partial charge in [-0.05, 0) is 67.9 Å². The maximum Gasteiger partial charge on any atom is 0.191 e. The summed E-state index contributed by atoms with van der Waals surface area (Å²) >= 11 is 1.84. The molecule has 1 aliphatic rings. The average molecular weight is 389 g/mol. The zero-order valence-electron chi connectivity index (χ0n) is 16.3. The lowest BCUT2D eigenvalue weighted by Crippen LogP contribution is -2.44. The first-order chi connectivity index (χ1) is 13.1. The van der Waals surface area contributed by atoms with Crippen LogP contribution in [-0.4, -0.2) is 38.0 Å². The molecule has 0 amide bonds. The Bertz CT molecular complexity index is 760. The second-order valence-electron chi connectivity index (χ2n) is 7.23. The summed E-state index contributed by atoms with van der Waals surface area (Å²) in [5.74, 6) is 1.13. The molecule has 1 aliphatic heterocycles. The maximum absolute atomic E-state index is 13.7. The van der Waals surface area contributed by atoms with Crippen LogP contribution in [0.5, 0.6) is 0 Å². The van der Waals surface area contributed by atoms with Crippen LogP contribution in [0.3, 0.4) is 0 Å². The van der Waals surface area contributed by atoms with Crippen molar-refractivity contribution in [3.63, 3.8) is 0 Å². The molecule has 1 aromatic heterocycles. The topological polar surface area (TPSA) is 39.7 Å². The summed E-state index contributed by atoms with van der Waals surface area (Å²) in [4.78, 5) is 8.22. The highest BCUT2D eigenvalue weighted by molar-refractivity contribution is 7.10. The van der Waals surface area contributed by atoms with Crippen molar-refractivity contribution in [3.05, 3.63) is 57.5 Å².